The monoisotopic (exact) mass is 220 g/mol. The number of ether oxygens (including phenoxy) is 2. The van der Waals surface area contributed by atoms with Gasteiger partial charge in [-0.05, 0) is 18.6 Å². The molecule has 0 heterocycles. The van der Waals surface area contributed by atoms with E-state index in [1.807, 2.05) is 13.0 Å². The van der Waals surface area contributed by atoms with Crippen LogP contribution in [0, 0.1) is 5.92 Å². The van der Waals surface area contributed by atoms with Crippen molar-refractivity contribution >= 4 is 5.97 Å². The molecule has 0 saturated heterocycles. The molecule has 16 heavy (non-hydrogen) atoms. The number of hydrogen-bond acceptors (Lipinski definition) is 3. The Morgan fingerprint density at radius 3 is 2.56 bits per heavy atom. The van der Waals surface area contributed by atoms with Gasteiger partial charge in [-0.15, -0.1) is 6.58 Å². The van der Waals surface area contributed by atoms with Crippen LogP contribution in [-0.2, 0) is 4.79 Å². The lowest BCUT2D eigenvalue weighted by Crippen LogP contribution is -2.18. The van der Waals surface area contributed by atoms with Gasteiger partial charge in [0.25, 0.3) is 0 Å². The number of methoxy groups -OCH3 is 1. The first-order valence-corrected chi connectivity index (χ1v) is 5.20. The van der Waals surface area contributed by atoms with Crippen LogP contribution in [0.3, 0.4) is 0 Å². The quantitative estimate of drug-likeness (QED) is 0.435. The third kappa shape index (κ3) is 2.86. The van der Waals surface area contributed by atoms with Gasteiger partial charge in [0.1, 0.15) is 0 Å². The van der Waals surface area contributed by atoms with E-state index in [1.54, 1.807) is 24.3 Å². The summed E-state index contributed by atoms with van der Waals surface area (Å²) in [5.41, 5.74) is 0. The topological polar surface area (TPSA) is 35.5 Å². The lowest BCUT2D eigenvalue weighted by atomic mass is 10.1. The smallest absolute Gasteiger partial charge is 0.318 e. The first kappa shape index (κ1) is 12.3. The molecule has 1 aromatic rings. The molecule has 0 saturated carbocycles. The summed E-state index contributed by atoms with van der Waals surface area (Å²) in [5, 5.41) is 0. The Kier molecular flexibility index (Phi) is 4.58. The van der Waals surface area contributed by atoms with Crippen molar-refractivity contribution in [2.45, 2.75) is 13.3 Å². The minimum atomic E-state index is -0.304. The highest BCUT2D eigenvalue weighted by molar-refractivity contribution is 5.77. The zero-order chi connectivity index (χ0) is 12.0. The van der Waals surface area contributed by atoms with Gasteiger partial charge in [-0.1, -0.05) is 25.1 Å². The fourth-order valence-electron chi connectivity index (χ4n) is 1.32. The fourth-order valence-corrected chi connectivity index (χ4v) is 1.32. The van der Waals surface area contributed by atoms with E-state index in [-0.39, 0.29) is 11.9 Å². The van der Waals surface area contributed by atoms with Crippen molar-refractivity contribution in [3.63, 3.8) is 0 Å². The molecule has 0 spiro atoms. The Balaban J connectivity index is 2.79. The van der Waals surface area contributed by atoms with E-state index in [2.05, 4.69) is 6.58 Å². The third-order valence-corrected chi connectivity index (χ3v) is 2.31. The van der Waals surface area contributed by atoms with Gasteiger partial charge in [0, 0.05) is 0 Å². The van der Waals surface area contributed by atoms with E-state index in [1.165, 1.54) is 7.11 Å². The van der Waals surface area contributed by atoms with Crippen molar-refractivity contribution in [2.75, 3.05) is 7.11 Å². The minimum absolute atomic E-state index is 0.273. The van der Waals surface area contributed by atoms with Gasteiger partial charge in [0.05, 0.1) is 13.0 Å². The predicted octanol–water partition coefficient (Wildman–Crippen LogP) is 2.81. The number of hydrogen-bond donors (Lipinski definition) is 0. The largest absolute Gasteiger partial charge is 0.493 e. The summed E-state index contributed by atoms with van der Waals surface area (Å²) in [6, 6.07) is 7.06. The van der Waals surface area contributed by atoms with Crippen molar-refractivity contribution in [1.29, 1.82) is 0 Å². The van der Waals surface area contributed by atoms with E-state index in [4.69, 9.17) is 9.47 Å². The molecule has 0 fully saturated rings. The highest BCUT2D eigenvalue weighted by atomic mass is 16.6. The van der Waals surface area contributed by atoms with E-state index in [0.717, 1.165) is 0 Å². The number of carbonyl (C=O) groups excluding carboxylic acids is 1. The maximum Gasteiger partial charge on any atom is 0.318 e. The van der Waals surface area contributed by atoms with Crippen LogP contribution in [0.25, 0.3) is 0 Å². The summed E-state index contributed by atoms with van der Waals surface area (Å²) in [6.45, 7) is 5.52. The predicted molar refractivity (Wildman–Crippen MR) is 62.6 cm³/mol. The first-order valence-electron chi connectivity index (χ1n) is 5.20. The van der Waals surface area contributed by atoms with Crippen molar-refractivity contribution in [3.8, 4) is 11.5 Å². The van der Waals surface area contributed by atoms with Crippen LogP contribution in [0.5, 0.6) is 11.5 Å². The van der Waals surface area contributed by atoms with Crippen LogP contribution in [0.1, 0.15) is 13.3 Å². The standard InChI is InChI=1S/C13H16O3/c1-4-10(5-2)13(14)16-12-9-7-6-8-11(12)15-3/h4,6-10H,1,5H2,2-3H3. The van der Waals surface area contributed by atoms with E-state index >= 15 is 0 Å². The Morgan fingerprint density at radius 2 is 2.06 bits per heavy atom. The van der Waals surface area contributed by atoms with Gasteiger partial charge in [0.2, 0.25) is 0 Å². The molecule has 3 heteroatoms. The Labute approximate surface area is 95.7 Å². The zero-order valence-electron chi connectivity index (χ0n) is 9.60. The number of rotatable bonds is 5. The van der Waals surface area contributed by atoms with Crippen LogP contribution in [-0.4, -0.2) is 13.1 Å². The Hall–Kier alpha value is -1.77. The van der Waals surface area contributed by atoms with Crippen LogP contribution in [0.15, 0.2) is 36.9 Å². The van der Waals surface area contributed by atoms with Gasteiger partial charge in [0.15, 0.2) is 11.5 Å². The van der Waals surface area contributed by atoms with Crippen LogP contribution in [0.2, 0.25) is 0 Å². The molecule has 3 nitrogen and oxygen atoms in total. The maximum absolute atomic E-state index is 11.7. The van der Waals surface area contributed by atoms with Crippen LogP contribution < -0.4 is 9.47 Å². The zero-order valence-corrected chi connectivity index (χ0v) is 9.60. The molecule has 0 radical (unpaired) electrons. The fraction of sp³-hybridized carbons (Fsp3) is 0.308. The molecule has 0 aliphatic heterocycles. The van der Waals surface area contributed by atoms with Crippen LogP contribution >= 0.6 is 0 Å². The molecule has 1 aromatic carbocycles. The van der Waals surface area contributed by atoms with Crippen molar-refractivity contribution in [3.05, 3.63) is 36.9 Å². The summed E-state index contributed by atoms with van der Waals surface area (Å²) in [6.07, 6.45) is 2.27. The average Bonchev–Trinajstić information content (AvgIpc) is 2.31. The maximum atomic E-state index is 11.7. The van der Waals surface area contributed by atoms with Crippen molar-refractivity contribution < 1.29 is 14.3 Å². The molecular formula is C13H16O3. The van der Waals surface area contributed by atoms with Crippen molar-refractivity contribution in [1.82, 2.24) is 0 Å². The lowest BCUT2D eigenvalue weighted by Gasteiger charge is -2.11. The number of carbonyl (C=O) groups is 1. The van der Waals surface area contributed by atoms with Gasteiger partial charge in [-0.3, -0.25) is 4.79 Å². The molecular weight excluding hydrogens is 204 g/mol. The second-order valence-corrected chi connectivity index (χ2v) is 3.32. The highest BCUT2D eigenvalue weighted by Crippen LogP contribution is 2.26. The molecule has 0 aromatic heterocycles. The normalized spacial score (nSPS) is 11.6. The van der Waals surface area contributed by atoms with Crippen LogP contribution in [0.4, 0.5) is 0 Å². The molecule has 86 valence electrons. The van der Waals surface area contributed by atoms with E-state index < -0.39 is 0 Å². The Morgan fingerprint density at radius 1 is 1.44 bits per heavy atom. The van der Waals surface area contributed by atoms with E-state index in [0.29, 0.717) is 17.9 Å². The SMILES string of the molecule is C=CC(CC)C(=O)Oc1ccccc1OC. The van der Waals surface area contributed by atoms with E-state index in [9.17, 15) is 4.79 Å². The number of benzene rings is 1. The van der Waals surface area contributed by atoms with Gasteiger partial charge in [-0.25, -0.2) is 0 Å². The average molecular weight is 220 g/mol. The molecule has 0 N–H and O–H groups in total. The second-order valence-electron chi connectivity index (χ2n) is 3.32. The summed E-state index contributed by atoms with van der Waals surface area (Å²) < 4.78 is 10.3. The third-order valence-electron chi connectivity index (χ3n) is 2.31. The molecule has 0 bridgehead atoms. The summed E-state index contributed by atoms with van der Waals surface area (Å²) in [4.78, 5) is 11.7. The van der Waals surface area contributed by atoms with Gasteiger partial charge >= 0.3 is 5.97 Å². The number of para-hydroxylation sites is 2. The summed E-state index contributed by atoms with van der Waals surface area (Å²) in [5.74, 6) is 0.414. The highest BCUT2D eigenvalue weighted by Gasteiger charge is 2.16. The lowest BCUT2D eigenvalue weighted by molar-refractivity contribution is -0.137. The van der Waals surface area contributed by atoms with Crippen molar-refractivity contribution in [2.24, 2.45) is 5.92 Å². The molecule has 1 unspecified atom stereocenters. The molecule has 1 rings (SSSR count). The summed E-state index contributed by atoms with van der Waals surface area (Å²) >= 11 is 0. The van der Waals surface area contributed by atoms with Gasteiger partial charge < -0.3 is 9.47 Å². The number of esters is 1. The second kappa shape index (κ2) is 5.95. The molecule has 0 amide bonds. The van der Waals surface area contributed by atoms with Gasteiger partial charge in [-0.2, -0.15) is 0 Å². The Bertz CT molecular complexity index is 371. The molecule has 0 aliphatic carbocycles. The summed E-state index contributed by atoms with van der Waals surface area (Å²) in [7, 11) is 1.54. The molecule has 0 aliphatic rings. The minimum Gasteiger partial charge on any atom is -0.493 e. The first-order chi connectivity index (χ1) is 7.72. The molecule has 1 atom stereocenters.